The normalized spacial score (nSPS) is 27.8. The van der Waals surface area contributed by atoms with Gasteiger partial charge in [-0.3, -0.25) is 0 Å². The van der Waals surface area contributed by atoms with Crippen molar-refractivity contribution in [2.24, 2.45) is 5.92 Å². The van der Waals surface area contributed by atoms with Gasteiger partial charge >= 0.3 is 0 Å². The third kappa shape index (κ3) is 1.61. The van der Waals surface area contributed by atoms with Crippen molar-refractivity contribution in [3.63, 3.8) is 0 Å². The number of hydrogen-bond donors (Lipinski definition) is 1. The first-order valence-electron chi connectivity index (χ1n) is 6.24. The topological polar surface area (TPSA) is 23.5 Å². The fourth-order valence-electron chi connectivity index (χ4n) is 2.89. The molecule has 1 aromatic rings. The van der Waals surface area contributed by atoms with Crippen LogP contribution in [0, 0.1) is 5.92 Å². The summed E-state index contributed by atoms with van der Waals surface area (Å²) in [5.41, 5.74) is 4.33. The average Bonchev–Trinajstić information content (AvgIpc) is 3.08. The number of aliphatic hydroxyl groups is 1. The predicted molar refractivity (Wildman–Crippen MR) is 66.0 cm³/mol. The van der Waals surface area contributed by atoms with Crippen molar-refractivity contribution < 1.29 is 5.11 Å². The van der Waals surface area contributed by atoms with Crippen LogP contribution >= 0.6 is 0 Å². The maximum absolute atomic E-state index is 9.11. The zero-order valence-corrected chi connectivity index (χ0v) is 9.82. The Kier molecular flexibility index (Phi) is 2.40. The van der Waals surface area contributed by atoms with E-state index in [4.69, 9.17) is 5.11 Å². The molecule has 1 heterocycles. The predicted octanol–water partition coefficient (Wildman–Crippen LogP) is 2.16. The Bertz CT molecular complexity index is 402. The molecule has 1 aliphatic heterocycles. The van der Waals surface area contributed by atoms with Crippen LogP contribution in [0.2, 0.25) is 0 Å². The van der Waals surface area contributed by atoms with Crippen molar-refractivity contribution in [3.8, 4) is 0 Å². The summed E-state index contributed by atoms with van der Waals surface area (Å²) >= 11 is 0. The first-order chi connectivity index (χ1) is 7.79. The van der Waals surface area contributed by atoms with Crippen LogP contribution in [-0.2, 0) is 6.42 Å². The second-order valence-electron chi connectivity index (χ2n) is 5.20. The van der Waals surface area contributed by atoms with Gasteiger partial charge in [-0.05, 0) is 48.3 Å². The monoisotopic (exact) mass is 217 g/mol. The Hall–Kier alpha value is -1.02. The maximum atomic E-state index is 9.11. The Morgan fingerprint density at radius 1 is 1.44 bits per heavy atom. The van der Waals surface area contributed by atoms with Crippen LogP contribution in [0.5, 0.6) is 0 Å². The first-order valence-corrected chi connectivity index (χ1v) is 6.24. The van der Waals surface area contributed by atoms with E-state index in [1.165, 1.54) is 42.6 Å². The van der Waals surface area contributed by atoms with E-state index in [0.717, 1.165) is 0 Å². The lowest BCUT2D eigenvalue weighted by atomic mass is 9.97. The quantitative estimate of drug-likeness (QED) is 0.820. The van der Waals surface area contributed by atoms with E-state index in [2.05, 4.69) is 30.1 Å². The van der Waals surface area contributed by atoms with E-state index in [-0.39, 0.29) is 0 Å². The smallest absolute Gasteiger partial charge is 0.0465 e. The Morgan fingerprint density at radius 3 is 3.06 bits per heavy atom. The Labute approximate surface area is 96.9 Å². The van der Waals surface area contributed by atoms with Gasteiger partial charge in [0.2, 0.25) is 0 Å². The van der Waals surface area contributed by atoms with Crippen molar-refractivity contribution in [2.45, 2.75) is 25.2 Å². The van der Waals surface area contributed by atoms with Gasteiger partial charge in [-0.25, -0.2) is 0 Å². The average molecular weight is 217 g/mol. The second-order valence-corrected chi connectivity index (χ2v) is 5.20. The molecule has 0 spiro atoms. The summed E-state index contributed by atoms with van der Waals surface area (Å²) in [7, 11) is 2.17. The van der Waals surface area contributed by atoms with Gasteiger partial charge in [0.1, 0.15) is 0 Å². The van der Waals surface area contributed by atoms with Crippen LogP contribution in [0.4, 0.5) is 5.69 Å². The lowest BCUT2D eigenvalue weighted by Gasteiger charge is -2.27. The van der Waals surface area contributed by atoms with Gasteiger partial charge in [0, 0.05) is 25.9 Å². The lowest BCUT2D eigenvalue weighted by Crippen LogP contribution is -2.24. The maximum Gasteiger partial charge on any atom is 0.0465 e. The number of nitrogens with zero attached hydrogens (tertiary/aromatic N) is 1. The molecule has 0 radical (unpaired) electrons. The summed E-state index contributed by atoms with van der Waals surface area (Å²) < 4.78 is 0. The summed E-state index contributed by atoms with van der Waals surface area (Å²) in [6, 6.07) is 6.88. The minimum Gasteiger partial charge on any atom is -0.396 e. The Balaban J connectivity index is 1.88. The molecule has 16 heavy (non-hydrogen) atoms. The molecular weight excluding hydrogens is 198 g/mol. The molecule has 2 atom stereocenters. The molecule has 2 aliphatic rings. The lowest BCUT2D eigenvalue weighted by molar-refractivity contribution is 0.274. The highest BCUT2D eigenvalue weighted by atomic mass is 16.3. The van der Waals surface area contributed by atoms with Crippen LogP contribution in [0.3, 0.4) is 0 Å². The molecule has 3 rings (SSSR count). The molecule has 1 aromatic carbocycles. The number of rotatable bonds is 2. The minimum absolute atomic E-state index is 0.349. The molecular formula is C14H19NO. The largest absolute Gasteiger partial charge is 0.396 e. The van der Waals surface area contributed by atoms with E-state index in [9.17, 15) is 0 Å². The molecule has 2 heteroatoms. The molecule has 1 fully saturated rings. The minimum atomic E-state index is 0.349. The molecule has 0 saturated heterocycles. The van der Waals surface area contributed by atoms with Crippen LogP contribution in [0.15, 0.2) is 18.2 Å². The third-order valence-corrected chi connectivity index (χ3v) is 4.04. The van der Waals surface area contributed by atoms with E-state index < -0.39 is 0 Å². The highest BCUT2D eigenvalue weighted by Gasteiger charge is 2.37. The van der Waals surface area contributed by atoms with Gasteiger partial charge in [0.15, 0.2) is 0 Å². The SMILES string of the molecule is CN1CCCc2cc(C3CC3CO)ccc21. The van der Waals surface area contributed by atoms with E-state index in [0.29, 0.717) is 18.4 Å². The number of fused-ring (bicyclic) bond motifs is 1. The zero-order valence-electron chi connectivity index (χ0n) is 9.82. The summed E-state index contributed by atoms with van der Waals surface area (Å²) in [4.78, 5) is 2.35. The summed E-state index contributed by atoms with van der Waals surface area (Å²) in [6.45, 7) is 1.52. The van der Waals surface area contributed by atoms with E-state index in [1.54, 1.807) is 0 Å². The standard InChI is InChI=1S/C14H19NO/c1-15-6-2-3-11-7-10(4-5-14(11)15)13-8-12(13)9-16/h4-5,7,12-13,16H,2-3,6,8-9H2,1H3. The van der Waals surface area contributed by atoms with Gasteiger partial charge in [-0.15, -0.1) is 0 Å². The number of benzene rings is 1. The van der Waals surface area contributed by atoms with Crippen molar-refractivity contribution in [2.75, 3.05) is 25.1 Å². The summed E-state index contributed by atoms with van der Waals surface area (Å²) in [5, 5.41) is 9.11. The van der Waals surface area contributed by atoms with E-state index >= 15 is 0 Å². The molecule has 1 N–H and O–H groups in total. The van der Waals surface area contributed by atoms with Crippen LogP contribution in [0.25, 0.3) is 0 Å². The van der Waals surface area contributed by atoms with Gasteiger partial charge in [-0.2, -0.15) is 0 Å². The van der Waals surface area contributed by atoms with Crippen LogP contribution in [-0.4, -0.2) is 25.3 Å². The highest BCUT2D eigenvalue weighted by molar-refractivity contribution is 5.57. The van der Waals surface area contributed by atoms with Gasteiger partial charge < -0.3 is 10.0 Å². The molecule has 1 aliphatic carbocycles. The van der Waals surface area contributed by atoms with Gasteiger partial charge in [-0.1, -0.05) is 12.1 Å². The number of hydrogen-bond acceptors (Lipinski definition) is 2. The fraction of sp³-hybridized carbons (Fsp3) is 0.571. The molecule has 0 aromatic heterocycles. The van der Waals surface area contributed by atoms with Gasteiger partial charge in [0.25, 0.3) is 0 Å². The Morgan fingerprint density at radius 2 is 2.31 bits per heavy atom. The molecule has 0 bridgehead atoms. The highest BCUT2D eigenvalue weighted by Crippen LogP contribution is 2.47. The first kappa shape index (κ1) is 10.2. The van der Waals surface area contributed by atoms with Crippen LogP contribution in [0.1, 0.15) is 29.9 Å². The van der Waals surface area contributed by atoms with Gasteiger partial charge in [0.05, 0.1) is 0 Å². The second kappa shape index (κ2) is 3.77. The summed E-state index contributed by atoms with van der Waals surface area (Å²) in [6.07, 6.45) is 3.65. The molecule has 2 unspecified atom stereocenters. The van der Waals surface area contributed by atoms with Crippen molar-refractivity contribution in [3.05, 3.63) is 29.3 Å². The van der Waals surface area contributed by atoms with Crippen molar-refractivity contribution in [1.29, 1.82) is 0 Å². The van der Waals surface area contributed by atoms with Crippen LogP contribution < -0.4 is 4.90 Å². The third-order valence-electron chi connectivity index (χ3n) is 4.04. The molecule has 1 saturated carbocycles. The zero-order chi connectivity index (χ0) is 11.1. The number of aryl methyl sites for hydroxylation is 1. The van der Waals surface area contributed by atoms with Crippen molar-refractivity contribution in [1.82, 2.24) is 0 Å². The number of anilines is 1. The molecule has 86 valence electrons. The molecule has 2 nitrogen and oxygen atoms in total. The summed E-state index contributed by atoms with van der Waals surface area (Å²) in [5.74, 6) is 1.15. The van der Waals surface area contributed by atoms with E-state index in [1.807, 2.05) is 0 Å². The molecule has 0 amide bonds. The fourth-order valence-corrected chi connectivity index (χ4v) is 2.89. The number of aliphatic hydroxyl groups excluding tert-OH is 1. The van der Waals surface area contributed by atoms with Crippen molar-refractivity contribution >= 4 is 5.69 Å².